The minimum atomic E-state index is -1.71. The Morgan fingerprint density at radius 3 is 1.09 bits per heavy atom. The summed E-state index contributed by atoms with van der Waals surface area (Å²) in [5.41, 5.74) is 34.9. The fourth-order valence-electron chi connectivity index (χ4n) is 8.23. The molecule has 25 N–H and O–H groups in total. The Morgan fingerprint density at radius 2 is 0.732 bits per heavy atom. The van der Waals surface area contributed by atoms with E-state index in [1.54, 1.807) is 13.8 Å². The number of hydrogen-bond acceptors (Lipinski definition) is 19. The number of carbonyl (C=O) groups is 11. The van der Waals surface area contributed by atoms with E-state index in [0.29, 0.717) is 18.8 Å². The Labute approximate surface area is 481 Å². The summed E-state index contributed by atoms with van der Waals surface area (Å²) in [5, 5.41) is 55.9. The van der Waals surface area contributed by atoms with Crippen molar-refractivity contribution in [1.29, 1.82) is 0 Å². The molecule has 0 bridgehead atoms. The highest BCUT2D eigenvalue weighted by atomic mass is 16.4. The summed E-state index contributed by atoms with van der Waals surface area (Å²) in [5.74, 6) is -9.86. The summed E-state index contributed by atoms with van der Waals surface area (Å²) in [7, 11) is 0. The van der Waals surface area contributed by atoms with Gasteiger partial charge in [-0.15, -0.1) is 0 Å². The molecule has 1 unspecified atom stereocenters. The van der Waals surface area contributed by atoms with Crippen LogP contribution in [-0.4, -0.2) is 192 Å². The Kier molecular flexibility index (Phi) is 37.9. The van der Waals surface area contributed by atoms with Gasteiger partial charge in [-0.05, 0) is 122 Å². The van der Waals surface area contributed by atoms with E-state index in [1.165, 1.54) is 13.8 Å². The molecule has 0 aromatic carbocycles. The lowest BCUT2D eigenvalue weighted by atomic mass is 10.0. The first-order chi connectivity index (χ1) is 38.5. The predicted octanol–water partition coefficient (Wildman–Crippen LogP) is -5.92. The van der Waals surface area contributed by atoms with Crippen molar-refractivity contribution in [1.82, 2.24) is 53.2 Å². The molecule has 0 aliphatic heterocycles. The lowest BCUT2D eigenvalue weighted by Gasteiger charge is -2.28. The third kappa shape index (κ3) is 29.7. The molecule has 0 saturated heterocycles. The van der Waals surface area contributed by atoms with Gasteiger partial charge in [0.05, 0.1) is 18.2 Å². The van der Waals surface area contributed by atoms with Crippen LogP contribution in [0.1, 0.15) is 132 Å². The molecule has 0 rings (SSSR count). The van der Waals surface area contributed by atoms with Crippen molar-refractivity contribution in [2.75, 3.05) is 39.3 Å². The van der Waals surface area contributed by atoms with Crippen LogP contribution in [0.15, 0.2) is 0 Å². The van der Waals surface area contributed by atoms with Gasteiger partial charge < -0.3 is 103 Å². The monoisotopic (exact) mass is 1170 g/mol. The van der Waals surface area contributed by atoms with Crippen molar-refractivity contribution in [3.05, 3.63) is 0 Å². The molecule has 0 radical (unpaired) electrons. The van der Waals surface area contributed by atoms with Crippen molar-refractivity contribution in [3.63, 3.8) is 0 Å². The summed E-state index contributed by atoms with van der Waals surface area (Å²) in [6.07, 6.45) is -1.63. The number of rotatable bonds is 43. The van der Waals surface area contributed by atoms with Gasteiger partial charge in [-0.1, -0.05) is 54.4 Å². The van der Waals surface area contributed by atoms with Gasteiger partial charge in [0, 0.05) is 13.0 Å². The smallest absolute Gasteiger partial charge is 0.326 e. The Bertz CT molecular complexity index is 2030. The standard InChI is InChI=1S/C52H100N16O14/c1-9-29(6)11-10-12-40(71)60-33(13-19-53)48(77)68-42(31(8)70)51(80)65-36(16-22-56)45(74)64-38(47(76)62-35(15-21-55)46(75)66-39(52(81)82)26-28(4)5)18-24-59-50(79)41(30(7)69)67-49(78)37(17-23-57)63-44(73)34(14-20-54)61-43(72)32(58)25-27(2)3/h27-39,41-42,69-70H,9-26,53-58H2,1-8H3,(H,59,79)(H,60,71)(H,61,72)(H,62,76)(H,63,73)(H,64,74)(H,65,80)(H,66,75)(H,67,78)(H,68,77)(H,81,82)/t29?,30-,31-,32+,33+,34+,35+,36+,37+,38+,39-,41+,42+/m1/s1. The van der Waals surface area contributed by atoms with Crippen LogP contribution in [0.25, 0.3) is 0 Å². The van der Waals surface area contributed by atoms with Crippen molar-refractivity contribution < 1.29 is 68.1 Å². The van der Waals surface area contributed by atoms with Crippen LogP contribution >= 0.6 is 0 Å². The normalized spacial score (nSPS) is 16.1. The molecular formula is C52H100N16O14. The average Bonchev–Trinajstić information content (AvgIpc) is 3.44. The van der Waals surface area contributed by atoms with E-state index < -0.39 is 151 Å². The number of aliphatic hydroxyl groups is 2. The number of carboxylic acid groups (broad SMARTS) is 1. The Morgan fingerprint density at radius 1 is 0.402 bits per heavy atom. The molecule has 13 atom stereocenters. The van der Waals surface area contributed by atoms with Gasteiger partial charge in [-0.2, -0.15) is 0 Å². The van der Waals surface area contributed by atoms with Crippen molar-refractivity contribution in [2.24, 2.45) is 52.2 Å². The largest absolute Gasteiger partial charge is 0.480 e. The average molecular weight is 1170 g/mol. The number of aliphatic hydroxyl groups excluding tert-OH is 2. The number of nitrogens with one attached hydrogen (secondary N) is 10. The first-order valence-electron chi connectivity index (χ1n) is 28.4. The second kappa shape index (κ2) is 40.9. The van der Waals surface area contributed by atoms with E-state index in [1.807, 2.05) is 20.8 Å². The number of hydrogen-bond donors (Lipinski definition) is 19. The maximum atomic E-state index is 14.2. The maximum absolute atomic E-state index is 14.2. The van der Waals surface area contributed by atoms with Crippen LogP contribution in [0.3, 0.4) is 0 Å². The molecule has 30 nitrogen and oxygen atoms in total. The lowest BCUT2D eigenvalue weighted by molar-refractivity contribution is -0.143. The second-order valence-corrected chi connectivity index (χ2v) is 21.5. The van der Waals surface area contributed by atoms with Crippen LogP contribution in [0.2, 0.25) is 0 Å². The van der Waals surface area contributed by atoms with Gasteiger partial charge >= 0.3 is 5.97 Å². The van der Waals surface area contributed by atoms with E-state index >= 15 is 0 Å². The van der Waals surface area contributed by atoms with Crippen LogP contribution < -0.4 is 87.6 Å². The van der Waals surface area contributed by atoms with Crippen molar-refractivity contribution in [3.8, 4) is 0 Å². The molecule has 10 amide bonds. The first-order valence-corrected chi connectivity index (χ1v) is 28.4. The summed E-state index contributed by atoms with van der Waals surface area (Å²) in [4.78, 5) is 148. The quantitative estimate of drug-likeness (QED) is 0.0270. The molecule has 30 heteroatoms. The van der Waals surface area contributed by atoms with Gasteiger partial charge in [0.1, 0.15) is 54.4 Å². The van der Waals surface area contributed by atoms with Gasteiger partial charge in [-0.3, -0.25) is 47.9 Å². The highest BCUT2D eigenvalue weighted by Crippen LogP contribution is 2.12. The summed E-state index contributed by atoms with van der Waals surface area (Å²) in [6.45, 7) is 12.5. The highest BCUT2D eigenvalue weighted by Gasteiger charge is 2.36. The number of aliphatic carboxylic acids is 1. The SMILES string of the molecule is CCC(C)CCCC(=O)N[C@@H](CCN)C(=O)N[C@H](C(=O)N[C@@H](CCN)C(=O)N[C@@H](CCNC(=O)[C@@H](NC(=O)[C@H](CCN)NC(=O)[C@H](CCN)NC(=O)[C@@H](N)CC(C)C)[C@@H](C)O)C(=O)N[C@@H](CCN)C(=O)N[C@H](CC(C)C)C(=O)O)[C@@H](C)O. The fraction of sp³-hybridized carbons (Fsp3) is 0.788. The number of amides is 10. The zero-order valence-electron chi connectivity index (χ0n) is 49.2. The van der Waals surface area contributed by atoms with Gasteiger partial charge in [-0.25, -0.2) is 4.79 Å². The molecule has 0 saturated carbocycles. The number of nitrogens with two attached hydrogens (primary N) is 6. The fourth-order valence-corrected chi connectivity index (χ4v) is 8.23. The van der Waals surface area contributed by atoms with E-state index in [0.717, 1.165) is 12.8 Å². The summed E-state index contributed by atoms with van der Waals surface area (Å²) in [6, 6.07) is -14.2. The predicted molar refractivity (Wildman–Crippen MR) is 305 cm³/mol. The Balaban J connectivity index is 6.83. The van der Waals surface area contributed by atoms with Gasteiger partial charge in [0.2, 0.25) is 59.1 Å². The molecule has 0 aliphatic carbocycles. The third-order valence-electron chi connectivity index (χ3n) is 13.1. The molecule has 0 fully saturated rings. The van der Waals surface area contributed by atoms with Gasteiger partial charge in [0.15, 0.2) is 0 Å². The summed E-state index contributed by atoms with van der Waals surface area (Å²) >= 11 is 0. The van der Waals surface area contributed by atoms with E-state index in [2.05, 4.69) is 60.1 Å². The van der Waals surface area contributed by atoms with Crippen LogP contribution in [-0.2, 0) is 52.7 Å². The third-order valence-corrected chi connectivity index (χ3v) is 13.1. The zero-order valence-corrected chi connectivity index (χ0v) is 49.2. The second-order valence-electron chi connectivity index (χ2n) is 21.5. The molecule has 0 aromatic heterocycles. The molecule has 0 heterocycles. The minimum absolute atomic E-state index is 0.0248. The molecule has 472 valence electrons. The van der Waals surface area contributed by atoms with Crippen molar-refractivity contribution in [2.45, 2.75) is 205 Å². The van der Waals surface area contributed by atoms with Crippen LogP contribution in [0, 0.1) is 17.8 Å². The first kappa shape index (κ1) is 75.8. The topological polar surface area (TPSA) is 525 Å². The van der Waals surface area contributed by atoms with Crippen LogP contribution in [0.4, 0.5) is 0 Å². The Hall–Kier alpha value is -6.15. The van der Waals surface area contributed by atoms with E-state index in [-0.39, 0.29) is 89.5 Å². The zero-order chi connectivity index (χ0) is 62.8. The highest BCUT2D eigenvalue weighted by molar-refractivity contribution is 5.98. The molecular weight excluding hydrogens is 1070 g/mol. The van der Waals surface area contributed by atoms with Crippen molar-refractivity contribution >= 4 is 65.0 Å². The number of carboxylic acids is 1. The molecule has 0 spiro atoms. The summed E-state index contributed by atoms with van der Waals surface area (Å²) < 4.78 is 0. The van der Waals surface area contributed by atoms with Gasteiger partial charge in [0.25, 0.3) is 0 Å². The number of carbonyl (C=O) groups excluding carboxylic acids is 10. The molecule has 0 aliphatic rings. The molecule has 0 aromatic rings. The van der Waals surface area contributed by atoms with E-state index in [4.69, 9.17) is 34.4 Å². The lowest BCUT2D eigenvalue weighted by Crippen LogP contribution is -2.62. The maximum Gasteiger partial charge on any atom is 0.326 e. The molecule has 82 heavy (non-hydrogen) atoms. The van der Waals surface area contributed by atoms with E-state index in [9.17, 15) is 68.1 Å². The minimum Gasteiger partial charge on any atom is -0.480 e. The van der Waals surface area contributed by atoms with Crippen LogP contribution in [0.5, 0.6) is 0 Å².